The molecule has 1 unspecified atom stereocenters. The number of carbonyl (C=O) groups excluding carboxylic acids is 1. The van der Waals surface area contributed by atoms with Gasteiger partial charge in [-0.25, -0.2) is 9.82 Å². The van der Waals surface area contributed by atoms with Crippen molar-refractivity contribution in [1.29, 1.82) is 0 Å². The van der Waals surface area contributed by atoms with Crippen LogP contribution in [0.4, 0.5) is 15.8 Å². The third-order valence-electron chi connectivity index (χ3n) is 5.22. The summed E-state index contributed by atoms with van der Waals surface area (Å²) in [7, 11) is 0. The van der Waals surface area contributed by atoms with Crippen LogP contribution in [0.3, 0.4) is 0 Å². The smallest absolute Gasteiger partial charge is 0.311 e. The van der Waals surface area contributed by atoms with E-state index in [9.17, 15) is 24.4 Å². The molecule has 0 aliphatic carbocycles. The number of β-amino-alcohol motifs (C(OH)–C–C–N with tert-alkyl or cyclic N) is 1. The number of halogens is 1. The number of aliphatic hydroxyl groups excluding tert-OH is 1. The van der Waals surface area contributed by atoms with Crippen LogP contribution in [0, 0.1) is 15.9 Å². The average Bonchev–Trinajstić information content (AvgIpc) is 2.81. The van der Waals surface area contributed by atoms with E-state index in [1.807, 2.05) is 38.1 Å². The summed E-state index contributed by atoms with van der Waals surface area (Å²) in [5.74, 6) is -0.967. The Labute approximate surface area is 196 Å². The molecular formula is C23H28FN5O5. The molecule has 0 fully saturated rings. The first-order chi connectivity index (χ1) is 16.1. The predicted octanol–water partition coefficient (Wildman–Crippen LogP) is 2.57. The monoisotopic (exact) mass is 473 g/mol. The summed E-state index contributed by atoms with van der Waals surface area (Å²) in [6, 6.07) is 10.7. The number of ether oxygens (including phenoxy) is 1. The number of benzene rings is 2. The van der Waals surface area contributed by atoms with Crippen LogP contribution in [0.15, 0.2) is 47.6 Å². The molecular weight excluding hydrogens is 445 g/mol. The van der Waals surface area contributed by atoms with Gasteiger partial charge in [0.15, 0.2) is 5.75 Å². The molecule has 10 nitrogen and oxygen atoms in total. The van der Waals surface area contributed by atoms with Crippen molar-refractivity contribution in [2.45, 2.75) is 38.3 Å². The number of hydrogen-bond donors (Lipinski definition) is 4. The van der Waals surface area contributed by atoms with Crippen LogP contribution in [0.1, 0.15) is 32.3 Å². The highest BCUT2D eigenvalue weighted by molar-refractivity contribution is 6.04. The molecule has 11 heteroatoms. The number of rotatable bonds is 11. The first kappa shape index (κ1) is 25.1. The molecule has 182 valence electrons. The van der Waals surface area contributed by atoms with Crippen LogP contribution < -0.4 is 20.8 Å². The van der Waals surface area contributed by atoms with E-state index < -0.39 is 22.4 Å². The van der Waals surface area contributed by atoms with Crippen molar-refractivity contribution < 1.29 is 24.0 Å². The van der Waals surface area contributed by atoms with E-state index in [0.29, 0.717) is 19.4 Å². The summed E-state index contributed by atoms with van der Waals surface area (Å²) in [6.45, 7) is 4.40. The van der Waals surface area contributed by atoms with Crippen LogP contribution in [-0.4, -0.2) is 53.0 Å². The highest BCUT2D eigenvalue weighted by Gasteiger charge is 2.21. The molecule has 34 heavy (non-hydrogen) atoms. The van der Waals surface area contributed by atoms with Gasteiger partial charge in [0.2, 0.25) is 5.91 Å². The van der Waals surface area contributed by atoms with Gasteiger partial charge in [0.1, 0.15) is 18.5 Å². The maximum absolute atomic E-state index is 13.4. The van der Waals surface area contributed by atoms with E-state index in [-0.39, 0.29) is 30.5 Å². The summed E-state index contributed by atoms with van der Waals surface area (Å²) in [6.07, 6.45) is 0.0706. The molecule has 2 aromatic carbocycles. The highest BCUT2D eigenvalue weighted by Crippen LogP contribution is 2.27. The predicted molar refractivity (Wildman–Crippen MR) is 125 cm³/mol. The summed E-state index contributed by atoms with van der Waals surface area (Å²) < 4.78 is 18.7. The van der Waals surface area contributed by atoms with Gasteiger partial charge in [-0.1, -0.05) is 12.1 Å². The summed E-state index contributed by atoms with van der Waals surface area (Å²) in [5.41, 5.74) is 4.42. The molecule has 0 saturated carbocycles. The van der Waals surface area contributed by atoms with Crippen LogP contribution in [0.25, 0.3) is 0 Å². The van der Waals surface area contributed by atoms with Crippen molar-refractivity contribution >= 4 is 23.0 Å². The topological polar surface area (TPSA) is 138 Å². The Morgan fingerprint density at radius 3 is 2.65 bits per heavy atom. The van der Waals surface area contributed by atoms with Gasteiger partial charge < -0.3 is 20.5 Å². The Bertz CT molecular complexity index is 1060. The standard InChI is InChI=1S/C23H28FN5O5/c1-23(2,14-25-17-6-3-15(4-7-17)19-8-10-22(31)28-27-19)26-12-18(30)13-34-21-11-16(24)5-9-20(21)29(32)33/h3-7,9,11,18,25-26,30H,8,10,12-14H2,1-2H3,(H,28,31). The summed E-state index contributed by atoms with van der Waals surface area (Å²) >= 11 is 0. The van der Waals surface area contributed by atoms with Crippen molar-refractivity contribution in [1.82, 2.24) is 10.7 Å². The first-order valence-corrected chi connectivity index (χ1v) is 10.8. The van der Waals surface area contributed by atoms with Crippen molar-refractivity contribution in [3.05, 3.63) is 64.0 Å². The van der Waals surface area contributed by atoms with E-state index in [1.54, 1.807) is 0 Å². The lowest BCUT2D eigenvalue weighted by atomic mass is 10.0. The Morgan fingerprint density at radius 1 is 1.26 bits per heavy atom. The van der Waals surface area contributed by atoms with Crippen molar-refractivity contribution in [2.75, 3.05) is 25.0 Å². The molecule has 1 aliphatic rings. The van der Waals surface area contributed by atoms with E-state index >= 15 is 0 Å². The van der Waals surface area contributed by atoms with Gasteiger partial charge in [-0.05, 0) is 37.6 Å². The number of nitrogens with one attached hydrogen (secondary N) is 3. The maximum Gasteiger partial charge on any atom is 0.311 e. The molecule has 0 spiro atoms. The Kier molecular flexibility index (Phi) is 8.13. The van der Waals surface area contributed by atoms with Gasteiger partial charge in [0.05, 0.1) is 10.6 Å². The largest absolute Gasteiger partial charge is 0.484 e. The molecule has 0 saturated heterocycles. The zero-order chi connectivity index (χ0) is 24.7. The molecule has 0 aromatic heterocycles. The van der Waals surface area contributed by atoms with Crippen molar-refractivity contribution in [3.63, 3.8) is 0 Å². The number of nitro benzene ring substituents is 1. The number of hydrazone groups is 1. The minimum atomic E-state index is -0.960. The molecule has 1 aliphatic heterocycles. The minimum Gasteiger partial charge on any atom is -0.484 e. The van der Waals surface area contributed by atoms with E-state index in [2.05, 4.69) is 21.2 Å². The van der Waals surface area contributed by atoms with Gasteiger partial charge in [-0.3, -0.25) is 14.9 Å². The quantitative estimate of drug-likeness (QED) is 0.291. The van der Waals surface area contributed by atoms with Crippen LogP contribution in [0.2, 0.25) is 0 Å². The average molecular weight is 474 g/mol. The lowest BCUT2D eigenvalue weighted by Crippen LogP contribution is -2.49. The fraction of sp³-hybridized carbons (Fsp3) is 0.391. The van der Waals surface area contributed by atoms with Crippen LogP contribution in [-0.2, 0) is 4.79 Å². The highest BCUT2D eigenvalue weighted by atomic mass is 19.1. The molecule has 1 amide bonds. The van der Waals surface area contributed by atoms with Crippen molar-refractivity contribution in [3.8, 4) is 5.75 Å². The molecule has 1 heterocycles. The Balaban J connectivity index is 1.45. The molecule has 0 radical (unpaired) electrons. The second-order valence-electron chi connectivity index (χ2n) is 8.62. The summed E-state index contributed by atoms with van der Waals surface area (Å²) in [4.78, 5) is 21.6. The number of carbonyl (C=O) groups is 1. The minimum absolute atomic E-state index is 0.0799. The van der Waals surface area contributed by atoms with Crippen molar-refractivity contribution in [2.24, 2.45) is 5.10 Å². The number of amides is 1. The molecule has 3 rings (SSSR count). The van der Waals surface area contributed by atoms with E-state index in [4.69, 9.17) is 4.74 Å². The summed E-state index contributed by atoms with van der Waals surface area (Å²) in [5, 5.41) is 31.9. The van der Waals surface area contributed by atoms with Gasteiger partial charge >= 0.3 is 5.69 Å². The zero-order valence-electron chi connectivity index (χ0n) is 19.0. The third-order valence-corrected chi connectivity index (χ3v) is 5.22. The van der Waals surface area contributed by atoms with Crippen LogP contribution in [0.5, 0.6) is 5.75 Å². The van der Waals surface area contributed by atoms with E-state index in [0.717, 1.165) is 35.2 Å². The molecule has 1 atom stereocenters. The third kappa shape index (κ3) is 7.22. The fourth-order valence-corrected chi connectivity index (χ4v) is 3.24. The number of hydrogen-bond acceptors (Lipinski definition) is 8. The lowest BCUT2D eigenvalue weighted by Gasteiger charge is -2.28. The number of aliphatic hydroxyl groups is 1. The molecule has 4 N–H and O–H groups in total. The fourth-order valence-electron chi connectivity index (χ4n) is 3.24. The maximum atomic E-state index is 13.4. The van der Waals surface area contributed by atoms with Gasteiger partial charge in [0, 0.05) is 49.3 Å². The van der Waals surface area contributed by atoms with Gasteiger partial charge in [-0.15, -0.1) is 0 Å². The zero-order valence-corrected chi connectivity index (χ0v) is 19.0. The second kappa shape index (κ2) is 11.0. The number of nitro groups is 1. The van der Waals surface area contributed by atoms with Gasteiger partial charge in [0.25, 0.3) is 0 Å². The number of anilines is 1. The second-order valence-corrected chi connectivity index (χ2v) is 8.62. The van der Waals surface area contributed by atoms with Gasteiger partial charge in [-0.2, -0.15) is 5.10 Å². The molecule has 0 bridgehead atoms. The van der Waals surface area contributed by atoms with E-state index in [1.165, 1.54) is 0 Å². The molecule has 2 aromatic rings. The Hall–Kier alpha value is -3.57. The first-order valence-electron chi connectivity index (χ1n) is 10.8. The van der Waals surface area contributed by atoms with Crippen LogP contribution >= 0.6 is 0 Å². The normalized spacial score (nSPS) is 14.7. The SMILES string of the molecule is CC(C)(CNc1ccc(C2=NNC(=O)CC2)cc1)NCC(O)COc1cc(F)ccc1[N+](=O)[O-]. The Morgan fingerprint density at radius 2 is 2.00 bits per heavy atom. The lowest BCUT2D eigenvalue weighted by molar-refractivity contribution is -0.386. The number of nitrogens with zero attached hydrogens (tertiary/aromatic N) is 2.